The SMILES string of the molecule is CNc1ccccc1C(=O)OC1CC2C3(C)CCC(O)CC3=CCC2(O)C2(O)CCC(O)(C(C)OC(C)=O)C12C. The second-order valence-corrected chi connectivity index (χ2v) is 12.9. The molecule has 4 aliphatic carbocycles. The van der Waals surface area contributed by atoms with E-state index >= 15 is 0 Å². The van der Waals surface area contributed by atoms with E-state index in [1.54, 1.807) is 45.2 Å². The summed E-state index contributed by atoms with van der Waals surface area (Å²) in [4.78, 5) is 25.7. The second kappa shape index (κ2) is 9.54. The molecule has 1 aromatic rings. The average molecular weight is 558 g/mol. The van der Waals surface area contributed by atoms with Crippen LogP contribution < -0.4 is 5.32 Å². The third-order valence-corrected chi connectivity index (χ3v) is 11.3. The van der Waals surface area contributed by atoms with Crippen LogP contribution >= 0.6 is 0 Å². The molecule has 0 saturated heterocycles. The van der Waals surface area contributed by atoms with E-state index in [0.717, 1.165) is 5.57 Å². The predicted molar refractivity (Wildman–Crippen MR) is 147 cm³/mol. The Morgan fingerprint density at radius 3 is 2.48 bits per heavy atom. The molecule has 0 amide bonds. The molecule has 9 nitrogen and oxygen atoms in total. The highest BCUT2D eigenvalue weighted by Gasteiger charge is 2.81. The number of rotatable bonds is 5. The van der Waals surface area contributed by atoms with Gasteiger partial charge in [-0.15, -0.1) is 0 Å². The Balaban J connectivity index is 1.65. The van der Waals surface area contributed by atoms with Gasteiger partial charge in [0.15, 0.2) is 0 Å². The van der Waals surface area contributed by atoms with Crippen molar-refractivity contribution in [2.45, 2.75) is 108 Å². The molecule has 9 atom stereocenters. The average Bonchev–Trinajstić information content (AvgIpc) is 3.14. The Bertz CT molecular complexity index is 1230. The van der Waals surface area contributed by atoms with E-state index in [2.05, 4.69) is 12.2 Å². The molecule has 1 aromatic carbocycles. The summed E-state index contributed by atoms with van der Waals surface area (Å²) < 4.78 is 11.8. The van der Waals surface area contributed by atoms with Crippen LogP contribution in [0.2, 0.25) is 0 Å². The van der Waals surface area contributed by atoms with Crippen molar-refractivity contribution >= 4 is 17.6 Å². The van der Waals surface area contributed by atoms with E-state index in [1.165, 1.54) is 6.92 Å². The molecule has 0 aromatic heterocycles. The summed E-state index contributed by atoms with van der Waals surface area (Å²) in [5.41, 5.74) is -5.51. The Morgan fingerprint density at radius 1 is 1.10 bits per heavy atom. The molecular weight excluding hydrogens is 514 g/mol. The Labute approximate surface area is 235 Å². The first kappa shape index (κ1) is 29.0. The van der Waals surface area contributed by atoms with Crippen LogP contribution in [0, 0.1) is 16.7 Å². The van der Waals surface area contributed by atoms with Gasteiger partial charge in [0.2, 0.25) is 0 Å². The van der Waals surface area contributed by atoms with Crippen LogP contribution in [0.1, 0.15) is 83.0 Å². The van der Waals surface area contributed by atoms with Crippen molar-refractivity contribution in [2.24, 2.45) is 16.7 Å². The number of aliphatic hydroxyl groups excluding tert-OH is 1. The lowest BCUT2D eigenvalue weighted by molar-refractivity contribution is -0.324. The monoisotopic (exact) mass is 557 g/mol. The zero-order valence-electron chi connectivity index (χ0n) is 24.1. The minimum atomic E-state index is -1.87. The van der Waals surface area contributed by atoms with E-state index in [1.807, 2.05) is 6.08 Å². The molecule has 0 radical (unpaired) electrons. The highest BCUT2D eigenvalue weighted by molar-refractivity contribution is 5.95. The van der Waals surface area contributed by atoms with E-state index in [-0.39, 0.29) is 25.7 Å². The summed E-state index contributed by atoms with van der Waals surface area (Å²) in [6.45, 7) is 6.55. The molecule has 5 N–H and O–H groups in total. The zero-order chi connectivity index (χ0) is 29.3. The van der Waals surface area contributed by atoms with Crippen LogP contribution in [-0.4, -0.2) is 74.5 Å². The zero-order valence-corrected chi connectivity index (χ0v) is 24.1. The fraction of sp³-hybridized carbons (Fsp3) is 0.677. The molecule has 3 saturated carbocycles. The summed E-state index contributed by atoms with van der Waals surface area (Å²) in [7, 11) is 1.71. The van der Waals surface area contributed by atoms with Gasteiger partial charge in [-0.05, 0) is 69.4 Å². The molecular formula is C31H43NO8. The van der Waals surface area contributed by atoms with E-state index < -0.39 is 63.8 Å². The molecule has 40 heavy (non-hydrogen) atoms. The van der Waals surface area contributed by atoms with Gasteiger partial charge < -0.3 is 35.2 Å². The van der Waals surface area contributed by atoms with Gasteiger partial charge in [0.05, 0.1) is 17.1 Å². The maximum atomic E-state index is 13.7. The highest BCUT2D eigenvalue weighted by Crippen LogP contribution is 2.71. The first-order valence-electron chi connectivity index (χ1n) is 14.4. The molecule has 220 valence electrons. The molecule has 3 fully saturated rings. The van der Waals surface area contributed by atoms with E-state index in [0.29, 0.717) is 30.5 Å². The van der Waals surface area contributed by atoms with Crippen LogP contribution in [0.5, 0.6) is 0 Å². The molecule has 0 heterocycles. The minimum Gasteiger partial charge on any atom is -0.460 e. The highest BCUT2D eigenvalue weighted by atomic mass is 16.6. The number of esters is 2. The van der Waals surface area contributed by atoms with Crippen molar-refractivity contribution in [1.29, 1.82) is 0 Å². The summed E-state index contributed by atoms with van der Waals surface area (Å²) in [6.07, 6.45) is 1.48. The quantitative estimate of drug-likeness (QED) is 0.272. The summed E-state index contributed by atoms with van der Waals surface area (Å²) >= 11 is 0. The van der Waals surface area contributed by atoms with Gasteiger partial charge in [-0.3, -0.25) is 4.79 Å². The number of aliphatic hydroxyl groups is 4. The number of nitrogens with one attached hydrogen (secondary N) is 1. The van der Waals surface area contributed by atoms with Crippen molar-refractivity contribution in [2.75, 3.05) is 12.4 Å². The van der Waals surface area contributed by atoms with Crippen molar-refractivity contribution < 1.29 is 39.5 Å². The fourth-order valence-electron chi connectivity index (χ4n) is 8.91. The Hall–Kier alpha value is -2.46. The van der Waals surface area contributed by atoms with Gasteiger partial charge in [-0.25, -0.2) is 4.79 Å². The van der Waals surface area contributed by atoms with Gasteiger partial charge in [0.25, 0.3) is 0 Å². The van der Waals surface area contributed by atoms with Crippen molar-refractivity contribution in [3.8, 4) is 0 Å². The maximum Gasteiger partial charge on any atom is 0.340 e. The standard InChI is InChI=1S/C31H43NO8/c1-18(39-19(2)33)29(36)14-15-31(38)28(29,4)25(40-26(35)22-8-6-7-9-23(22)32-5)17-24-27(3)12-11-21(34)16-20(27)10-13-30(24,31)37/h6-10,18,21,24-25,32,34,36-38H,11-17H2,1-5H3. The Morgan fingerprint density at radius 2 is 1.80 bits per heavy atom. The molecule has 5 rings (SSSR count). The van der Waals surface area contributed by atoms with Gasteiger partial charge in [0.1, 0.15) is 29.0 Å². The van der Waals surface area contributed by atoms with Gasteiger partial charge >= 0.3 is 11.9 Å². The molecule has 9 unspecified atom stereocenters. The van der Waals surface area contributed by atoms with Crippen LogP contribution in [0.3, 0.4) is 0 Å². The number of anilines is 1. The lowest BCUT2D eigenvalue weighted by Gasteiger charge is -2.67. The lowest BCUT2D eigenvalue weighted by atomic mass is 9.42. The minimum absolute atomic E-state index is 0.0294. The first-order valence-corrected chi connectivity index (χ1v) is 14.4. The fourth-order valence-corrected chi connectivity index (χ4v) is 8.91. The van der Waals surface area contributed by atoms with Crippen molar-refractivity contribution in [3.63, 3.8) is 0 Å². The van der Waals surface area contributed by atoms with Crippen LogP contribution in [-0.2, 0) is 14.3 Å². The molecule has 0 bridgehead atoms. The first-order chi connectivity index (χ1) is 18.7. The summed E-state index contributed by atoms with van der Waals surface area (Å²) in [5, 5.41) is 51.0. The second-order valence-electron chi connectivity index (χ2n) is 12.9. The number of para-hydroxylation sites is 1. The number of fused-ring (bicyclic) bond motifs is 5. The van der Waals surface area contributed by atoms with Crippen LogP contribution in [0.15, 0.2) is 35.9 Å². The molecule has 0 aliphatic heterocycles. The predicted octanol–water partition coefficient (Wildman–Crippen LogP) is 3.10. The third-order valence-electron chi connectivity index (χ3n) is 11.3. The number of benzene rings is 1. The van der Waals surface area contributed by atoms with Gasteiger partial charge in [-0.1, -0.05) is 37.6 Å². The van der Waals surface area contributed by atoms with Gasteiger partial charge in [-0.2, -0.15) is 0 Å². The number of carbonyl (C=O) groups is 2. The number of hydrogen-bond acceptors (Lipinski definition) is 9. The lowest BCUT2D eigenvalue weighted by Crippen LogP contribution is -2.78. The smallest absolute Gasteiger partial charge is 0.340 e. The molecule has 9 heteroatoms. The normalized spacial score (nSPS) is 42.9. The third kappa shape index (κ3) is 3.74. The maximum absolute atomic E-state index is 13.7. The van der Waals surface area contributed by atoms with E-state index in [4.69, 9.17) is 9.47 Å². The van der Waals surface area contributed by atoms with E-state index in [9.17, 15) is 30.0 Å². The van der Waals surface area contributed by atoms with Crippen molar-refractivity contribution in [1.82, 2.24) is 0 Å². The summed E-state index contributed by atoms with van der Waals surface area (Å²) in [6, 6.07) is 6.94. The molecule has 0 spiro atoms. The number of hydrogen-bond donors (Lipinski definition) is 5. The topological polar surface area (TPSA) is 146 Å². The molecule has 4 aliphatic rings. The van der Waals surface area contributed by atoms with Crippen LogP contribution in [0.4, 0.5) is 5.69 Å². The number of carbonyl (C=O) groups excluding carboxylic acids is 2. The Kier molecular flexibility index (Phi) is 6.93. The van der Waals surface area contributed by atoms with Crippen LogP contribution in [0.25, 0.3) is 0 Å². The largest absolute Gasteiger partial charge is 0.460 e. The number of ether oxygens (including phenoxy) is 2. The summed E-state index contributed by atoms with van der Waals surface area (Å²) in [5.74, 6) is -1.70. The van der Waals surface area contributed by atoms with Gasteiger partial charge in [0, 0.05) is 25.6 Å². The van der Waals surface area contributed by atoms with Crippen molar-refractivity contribution in [3.05, 3.63) is 41.5 Å².